The number of hydrogen-bond acceptors (Lipinski definition) is 3. The first-order valence-electron chi connectivity index (χ1n) is 5.75. The van der Waals surface area contributed by atoms with Crippen LogP contribution in [-0.2, 0) is 0 Å². The predicted octanol–water partition coefficient (Wildman–Crippen LogP) is 3.84. The molecule has 2 nitrogen and oxygen atoms in total. The van der Waals surface area contributed by atoms with Gasteiger partial charge in [0.15, 0.2) is 0 Å². The molecule has 0 aliphatic rings. The lowest BCUT2D eigenvalue weighted by Gasteiger charge is -2.27. The highest BCUT2D eigenvalue weighted by Gasteiger charge is 2.21. The molecule has 1 rings (SSSR count). The Morgan fingerprint density at radius 2 is 2.22 bits per heavy atom. The van der Waals surface area contributed by atoms with E-state index in [4.69, 9.17) is 11.6 Å². The molecule has 1 aromatic rings. The van der Waals surface area contributed by atoms with E-state index < -0.39 is 0 Å². The lowest BCUT2D eigenvalue weighted by atomic mass is 10.1. The van der Waals surface area contributed by atoms with Gasteiger partial charge < -0.3 is 4.90 Å². The van der Waals surface area contributed by atoms with E-state index in [1.165, 1.54) is 0 Å². The number of rotatable bonds is 5. The van der Waals surface area contributed by atoms with E-state index in [9.17, 15) is 4.79 Å². The minimum absolute atomic E-state index is 0.0446. The highest BCUT2D eigenvalue weighted by Crippen LogP contribution is 2.22. The fourth-order valence-electron chi connectivity index (χ4n) is 1.73. The molecule has 0 fully saturated rings. The maximum Gasteiger partial charge on any atom is 0.255 e. The van der Waals surface area contributed by atoms with Crippen LogP contribution in [0.1, 0.15) is 23.7 Å². The van der Waals surface area contributed by atoms with Crippen LogP contribution in [-0.4, -0.2) is 35.9 Å². The van der Waals surface area contributed by atoms with Crippen LogP contribution < -0.4 is 0 Å². The number of thiol groups is 1. The van der Waals surface area contributed by atoms with Crippen molar-refractivity contribution in [2.24, 2.45) is 0 Å². The van der Waals surface area contributed by atoms with Gasteiger partial charge in [0.2, 0.25) is 0 Å². The van der Waals surface area contributed by atoms with Gasteiger partial charge in [-0.2, -0.15) is 11.8 Å². The van der Waals surface area contributed by atoms with Crippen molar-refractivity contribution in [1.82, 2.24) is 4.90 Å². The molecule has 0 aliphatic carbocycles. The largest absolute Gasteiger partial charge is 0.338 e. The van der Waals surface area contributed by atoms with E-state index in [1.54, 1.807) is 34.9 Å². The van der Waals surface area contributed by atoms with Gasteiger partial charge in [0.1, 0.15) is 0 Å². The van der Waals surface area contributed by atoms with E-state index in [1.807, 2.05) is 13.3 Å². The van der Waals surface area contributed by atoms with Gasteiger partial charge in [-0.15, -0.1) is 12.6 Å². The van der Waals surface area contributed by atoms with Crippen LogP contribution in [0.5, 0.6) is 0 Å². The van der Waals surface area contributed by atoms with Gasteiger partial charge in [-0.1, -0.05) is 18.5 Å². The Labute approximate surface area is 123 Å². The number of hydrogen-bond donors (Lipinski definition) is 1. The number of halogens is 1. The summed E-state index contributed by atoms with van der Waals surface area (Å²) in [5, 5.41) is 0.476. The monoisotopic (exact) mass is 303 g/mol. The summed E-state index contributed by atoms with van der Waals surface area (Å²) in [4.78, 5) is 14.9. The van der Waals surface area contributed by atoms with Crippen molar-refractivity contribution in [2.45, 2.75) is 24.3 Å². The van der Waals surface area contributed by atoms with Crippen molar-refractivity contribution in [3.63, 3.8) is 0 Å². The average Bonchev–Trinajstić information content (AvgIpc) is 2.37. The lowest BCUT2D eigenvalue weighted by molar-refractivity contribution is 0.0743. The molecule has 0 aromatic heterocycles. The zero-order valence-electron chi connectivity index (χ0n) is 10.8. The molecule has 0 heterocycles. The van der Waals surface area contributed by atoms with Crippen LogP contribution in [0.4, 0.5) is 0 Å². The van der Waals surface area contributed by atoms with Crippen molar-refractivity contribution in [2.75, 3.05) is 19.1 Å². The third kappa shape index (κ3) is 3.84. The Balaban J connectivity index is 2.95. The van der Waals surface area contributed by atoms with Crippen LogP contribution in [0.3, 0.4) is 0 Å². The first kappa shape index (κ1) is 15.7. The number of benzene rings is 1. The summed E-state index contributed by atoms with van der Waals surface area (Å²) >= 11 is 12.1. The smallest absolute Gasteiger partial charge is 0.255 e. The molecule has 0 spiro atoms. The second kappa shape index (κ2) is 7.31. The summed E-state index contributed by atoms with van der Waals surface area (Å²) in [6, 6.07) is 5.44. The van der Waals surface area contributed by atoms with Crippen molar-refractivity contribution < 1.29 is 4.79 Å². The second-order valence-corrected chi connectivity index (χ2v) is 5.93. The molecule has 100 valence electrons. The molecule has 0 aliphatic heterocycles. The van der Waals surface area contributed by atoms with E-state index in [0.29, 0.717) is 10.6 Å². The fourth-order valence-corrected chi connectivity index (χ4v) is 2.97. The van der Waals surface area contributed by atoms with Crippen molar-refractivity contribution >= 4 is 41.9 Å². The molecular weight excluding hydrogens is 286 g/mol. The summed E-state index contributed by atoms with van der Waals surface area (Å²) < 4.78 is 0. The van der Waals surface area contributed by atoms with Gasteiger partial charge in [-0.05, 0) is 30.9 Å². The first-order chi connectivity index (χ1) is 8.51. The zero-order valence-corrected chi connectivity index (χ0v) is 13.3. The third-order valence-electron chi connectivity index (χ3n) is 2.88. The van der Waals surface area contributed by atoms with Crippen LogP contribution in [0.2, 0.25) is 5.02 Å². The maximum absolute atomic E-state index is 12.4. The van der Waals surface area contributed by atoms with Crippen LogP contribution in [0.15, 0.2) is 23.1 Å². The quantitative estimate of drug-likeness (QED) is 0.834. The molecule has 1 amide bonds. The van der Waals surface area contributed by atoms with Crippen LogP contribution in [0.25, 0.3) is 0 Å². The molecule has 18 heavy (non-hydrogen) atoms. The number of carbonyl (C=O) groups excluding carboxylic acids is 1. The Morgan fingerprint density at radius 3 is 2.78 bits per heavy atom. The Hall–Kier alpha value is -0.320. The lowest BCUT2D eigenvalue weighted by Crippen LogP contribution is -2.38. The molecule has 0 saturated carbocycles. The molecule has 1 unspecified atom stereocenters. The minimum Gasteiger partial charge on any atom is -0.338 e. The normalized spacial score (nSPS) is 12.3. The van der Waals surface area contributed by atoms with Gasteiger partial charge in [-0.25, -0.2) is 0 Å². The average molecular weight is 304 g/mol. The Bertz CT molecular complexity index is 425. The number of carbonyl (C=O) groups is 1. The molecule has 0 saturated heterocycles. The molecule has 1 atom stereocenters. The van der Waals surface area contributed by atoms with E-state index in [0.717, 1.165) is 17.1 Å². The molecule has 0 bridgehead atoms. The van der Waals surface area contributed by atoms with Crippen molar-refractivity contribution in [1.29, 1.82) is 0 Å². The van der Waals surface area contributed by atoms with E-state index >= 15 is 0 Å². The van der Waals surface area contributed by atoms with Gasteiger partial charge in [0.05, 0.1) is 10.6 Å². The highest BCUT2D eigenvalue weighted by molar-refractivity contribution is 7.98. The SMILES string of the molecule is CCC(CSC)N(C)C(=O)c1cc(S)ccc1Cl. The highest BCUT2D eigenvalue weighted by atomic mass is 35.5. The van der Waals surface area contributed by atoms with Gasteiger partial charge in [0.25, 0.3) is 5.91 Å². The number of amides is 1. The van der Waals surface area contributed by atoms with E-state index in [-0.39, 0.29) is 11.9 Å². The van der Waals surface area contributed by atoms with Gasteiger partial charge >= 0.3 is 0 Å². The molecular formula is C13H18ClNOS2. The van der Waals surface area contributed by atoms with Crippen molar-refractivity contribution in [3.8, 4) is 0 Å². The number of thioether (sulfide) groups is 1. The van der Waals surface area contributed by atoms with E-state index in [2.05, 4.69) is 19.6 Å². The van der Waals surface area contributed by atoms with Crippen LogP contribution >= 0.6 is 36.0 Å². The summed E-state index contributed by atoms with van der Waals surface area (Å²) in [6.45, 7) is 2.08. The third-order valence-corrected chi connectivity index (χ3v) is 4.20. The minimum atomic E-state index is -0.0446. The second-order valence-electron chi connectivity index (χ2n) is 4.10. The maximum atomic E-state index is 12.4. The molecule has 0 N–H and O–H groups in total. The standard InChI is InChI=1S/C13H18ClNOS2/c1-4-9(8-18-3)15(2)13(16)11-7-10(17)5-6-12(11)14/h5-7,9,17H,4,8H2,1-3H3. The summed E-state index contributed by atoms with van der Waals surface area (Å²) in [5.41, 5.74) is 0.520. The summed E-state index contributed by atoms with van der Waals surface area (Å²) in [7, 11) is 1.83. The molecule has 1 aromatic carbocycles. The van der Waals surface area contributed by atoms with Crippen LogP contribution in [0, 0.1) is 0 Å². The predicted molar refractivity (Wildman–Crippen MR) is 83.3 cm³/mol. The Morgan fingerprint density at radius 1 is 1.56 bits per heavy atom. The fraction of sp³-hybridized carbons (Fsp3) is 0.462. The zero-order chi connectivity index (χ0) is 13.7. The van der Waals surface area contributed by atoms with Crippen molar-refractivity contribution in [3.05, 3.63) is 28.8 Å². The summed E-state index contributed by atoms with van der Waals surface area (Å²) in [6.07, 6.45) is 2.98. The summed E-state index contributed by atoms with van der Waals surface area (Å²) in [5.74, 6) is 0.883. The number of nitrogens with zero attached hydrogens (tertiary/aromatic N) is 1. The van der Waals surface area contributed by atoms with Gasteiger partial charge in [-0.3, -0.25) is 4.79 Å². The molecule has 5 heteroatoms. The Kier molecular flexibility index (Phi) is 6.39. The first-order valence-corrected chi connectivity index (χ1v) is 7.97. The molecule has 0 radical (unpaired) electrons. The van der Waals surface area contributed by atoms with Gasteiger partial charge in [0, 0.05) is 23.7 Å². The topological polar surface area (TPSA) is 20.3 Å².